The molecular weight excluding hydrogens is 262 g/mol. The van der Waals surface area contributed by atoms with Crippen molar-refractivity contribution in [2.45, 2.75) is 31.6 Å². The SMILES string of the molecule is COC(=O)C1(C(=O)OC)C[C@@H]2CCn3cccc3[C@H]1O2. The normalized spacial score (nSPS) is 26.5. The first-order chi connectivity index (χ1) is 9.63. The van der Waals surface area contributed by atoms with Gasteiger partial charge in [0.05, 0.1) is 20.3 Å². The zero-order valence-electron chi connectivity index (χ0n) is 11.5. The van der Waals surface area contributed by atoms with E-state index in [1.807, 2.05) is 22.9 Å². The maximum absolute atomic E-state index is 12.3. The van der Waals surface area contributed by atoms with Crippen LogP contribution in [0.3, 0.4) is 0 Å². The van der Waals surface area contributed by atoms with Crippen LogP contribution >= 0.6 is 0 Å². The lowest BCUT2D eigenvalue weighted by atomic mass is 9.77. The summed E-state index contributed by atoms with van der Waals surface area (Å²) >= 11 is 0. The molecule has 0 radical (unpaired) electrons. The summed E-state index contributed by atoms with van der Waals surface area (Å²) in [7, 11) is 2.56. The molecule has 0 saturated carbocycles. The maximum Gasteiger partial charge on any atom is 0.326 e. The Kier molecular flexibility index (Phi) is 3.05. The second-order valence-corrected chi connectivity index (χ2v) is 5.21. The summed E-state index contributed by atoms with van der Waals surface area (Å²) in [5.74, 6) is -1.18. The highest BCUT2D eigenvalue weighted by Crippen LogP contribution is 2.52. The monoisotopic (exact) mass is 279 g/mol. The third kappa shape index (κ3) is 1.61. The average molecular weight is 279 g/mol. The van der Waals surface area contributed by atoms with Gasteiger partial charge in [-0.15, -0.1) is 0 Å². The molecule has 1 aromatic heterocycles. The number of carbonyl (C=O) groups is 2. The Morgan fingerprint density at radius 2 is 2.05 bits per heavy atom. The van der Waals surface area contributed by atoms with E-state index in [2.05, 4.69) is 0 Å². The van der Waals surface area contributed by atoms with E-state index in [1.165, 1.54) is 14.2 Å². The first-order valence-corrected chi connectivity index (χ1v) is 6.61. The number of ether oxygens (including phenoxy) is 3. The van der Waals surface area contributed by atoms with Gasteiger partial charge in [-0.1, -0.05) is 0 Å². The first kappa shape index (κ1) is 13.2. The molecule has 2 bridgehead atoms. The lowest BCUT2D eigenvalue weighted by Gasteiger charge is -2.29. The summed E-state index contributed by atoms with van der Waals surface area (Å²) in [6.45, 7) is 0.821. The van der Waals surface area contributed by atoms with Gasteiger partial charge < -0.3 is 18.8 Å². The summed E-state index contributed by atoms with van der Waals surface area (Å²) in [5.41, 5.74) is -0.578. The van der Waals surface area contributed by atoms with Crippen molar-refractivity contribution in [2.75, 3.05) is 14.2 Å². The molecule has 0 spiro atoms. The van der Waals surface area contributed by atoms with Gasteiger partial charge in [0, 0.05) is 24.9 Å². The predicted octanol–water partition coefficient (Wildman–Crippen LogP) is 1.05. The Labute approximate surface area is 116 Å². The van der Waals surface area contributed by atoms with E-state index in [-0.39, 0.29) is 6.10 Å². The van der Waals surface area contributed by atoms with Crippen LogP contribution in [0.1, 0.15) is 24.6 Å². The number of methoxy groups -OCH3 is 2. The molecule has 2 aliphatic rings. The van der Waals surface area contributed by atoms with E-state index in [0.29, 0.717) is 6.42 Å². The molecule has 6 heteroatoms. The van der Waals surface area contributed by atoms with E-state index in [4.69, 9.17) is 14.2 Å². The third-order valence-electron chi connectivity index (χ3n) is 4.25. The van der Waals surface area contributed by atoms with Gasteiger partial charge in [-0.2, -0.15) is 0 Å². The van der Waals surface area contributed by atoms with Crippen molar-refractivity contribution in [1.82, 2.24) is 4.57 Å². The lowest BCUT2D eigenvalue weighted by Crippen LogP contribution is -2.44. The number of rotatable bonds is 2. The minimum absolute atomic E-state index is 0.141. The topological polar surface area (TPSA) is 66.8 Å². The van der Waals surface area contributed by atoms with Crippen molar-refractivity contribution >= 4 is 11.9 Å². The van der Waals surface area contributed by atoms with Gasteiger partial charge in [0.2, 0.25) is 0 Å². The largest absolute Gasteiger partial charge is 0.468 e. The van der Waals surface area contributed by atoms with Crippen LogP contribution in [-0.4, -0.2) is 36.8 Å². The Balaban J connectivity index is 2.13. The minimum atomic E-state index is -1.40. The Morgan fingerprint density at radius 1 is 1.35 bits per heavy atom. The van der Waals surface area contributed by atoms with Crippen molar-refractivity contribution in [1.29, 1.82) is 0 Å². The molecule has 0 N–H and O–H groups in total. The van der Waals surface area contributed by atoms with E-state index in [1.54, 1.807) is 0 Å². The van der Waals surface area contributed by atoms with E-state index in [0.717, 1.165) is 18.7 Å². The van der Waals surface area contributed by atoms with Crippen molar-refractivity contribution in [3.63, 3.8) is 0 Å². The fourth-order valence-electron chi connectivity index (χ4n) is 3.30. The molecule has 0 aliphatic carbocycles. The summed E-state index contributed by atoms with van der Waals surface area (Å²) in [4.78, 5) is 24.6. The fraction of sp³-hybridized carbons (Fsp3) is 0.571. The molecule has 0 unspecified atom stereocenters. The zero-order chi connectivity index (χ0) is 14.3. The van der Waals surface area contributed by atoms with E-state index in [9.17, 15) is 9.59 Å². The molecule has 0 amide bonds. The van der Waals surface area contributed by atoms with Crippen molar-refractivity contribution < 1.29 is 23.8 Å². The quantitative estimate of drug-likeness (QED) is 0.598. The molecule has 20 heavy (non-hydrogen) atoms. The summed E-state index contributed by atoms with van der Waals surface area (Å²) in [5, 5.41) is 0. The predicted molar refractivity (Wildman–Crippen MR) is 67.7 cm³/mol. The Morgan fingerprint density at radius 3 is 2.70 bits per heavy atom. The number of aromatic nitrogens is 1. The second kappa shape index (κ2) is 4.63. The molecule has 2 atom stereocenters. The van der Waals surface area contributed by atoms with Crippen molar-refractivity contribution in [3.8, 4) is 0 Å². The van der Waals surface area contributed by atoms with Gasteiger partial charge in [-0.25, -0.2) is 0 Å². The second-order valence-electron chi connectivity index (χ2n) is 5.21. The number of nitrogens with zero attached hydrogens (tertiary/aromatic N) is 1. The average Bonchev–Trinajstić information content (AvgIpc) is 3.02. The minimum Gasteiger partial charge on any atom is -0.468 e. The highest BCUT2D eigenvalue weighted by Gasteiger charge is 2.63. The fourth-order valence-corrected chi connectivity index (χ4v) is 3.30. The molecule has 1 fully saturated rings. The van der Waals surface area contributed by atoms with Crippen LogP contribution in [0.2, 0.25) is 0 Å². The van der Waals surface area contributed by atoms with Crippen LogP contribution in [0, 0.1) is 5.41 Å². The molecular formula is C14H17NO5. The van der Waals surface area contributed by atoms with Crippen LogP contribution in [0.25, 0.3) is 0 Å². The van der Waals surface area contributed by atoms with Gasteiger partial charge in [0.25, 0.3) is 0 Å². The molecule has 108 valence electrons. The smallest absolute Gasteiger partial charge is 0.326 e. The van der Waals surface area contributed by atoms with Crippen molar-refractivity contribution in [3.05, 3.63) is 24.0 Å². The van der Waals surface area contributed by atoms with Gasteiger partial charge in [-0.3, -0.25) is 9.59 Å². The lowest BCUT2D eigenvalue weighted by molar-refractivity contribution is -0.174. The number of esters is 2. The van der Waals surface area contributed by atoms with Crippen LogP contribution in [0.4, 0.5) is 0 Å². The van der Waals surface area contributed by atoms with Crippen molar-refractivity contribution in [2.24, 2.45) is 5.41 Å². The number of hydrogen-bond donors (Lipinski definition) is 0. The zero-order valence-corrected chi connectivity index (χ0v) is 11.5. The van der Waals surface area contributed by atoms with Crippen LogP contribution in [0.5, 0.6) is 0 Å². The summed E-state index contributed by atoms with van der Waals surface area (Å²) < 4.78 is 17.7. The molecule has 3 heterocycles. The van der Waals surface area contributed by atoms with Gasteiger partial charge in [-0.05, 0) is 18.6 Å². The third-order valence-corrected chi connectivity index (χ3v) is 4.25. The Bertz CT molecular complexity index is 534. The molecule has 1 aromatic rings. The number of aryl methyl sites for hydroxylation is 1. The van der Waals surface area contributed by atoms with Crippen LogP contribution in [0.15, 0.2) is 18.3 Å². The van der Waals surface area contributed by atoms with E-state index >= 15 is 0 Å². The maximum atomic E-state index is 12.3. The molecule has 6 nitrogen and oxygen atoms in total. The summed E-state index contributed by atoms with van der Waals surface area (Å²) in [6.07, 6.45) is 2.21. The first-order valence-electron chi connectivity index (χ1n) is 6.61. The molecule has 0 aromatic carbocycles. The Hall–Kier alpha value is -1.82. The van der Waals surface area contributed by atoms with Gasteiger partial charge in [0.1, 0.15) is 6.10 Å². The highest BCUT2D eigenvalue weighted by atomic mass is 16.6. The number of fused-ring (bicyclic) bond motifs is 4. The van der Waals surface area contributed by atoms with Crippen LogP contribution in [-0.2, 0) is 30.3 Å². The molecule has 1 saturated heterocycles. The summed E-state index contributed by atoms with van der Waals surface area (Å²) in [6, 6.07) is 3.76. The van der Waals surface area contributed by atoms with Gasteiger partial charge in [0.15, 0.2) is 5.41 Å². The van der Waals surface area contributed by atoms with Crippen LogP contribution < -0.4 is 0 Å². The molecule has 2 aliphatic heterocycles. The number of hydrogen-bond acceptors (Lipinski definition) is 5. The number of carbonyl (C=O) groups excluding carboxylic acids is 2. The van der Waals surface area contributed by atoms with Gasteiger partial charge >= 0.3 is 11.9 Å². The standard InChI is InChI=1S/C14H17NO5/c1-18-12(16)14(13(17)19-2)8-9-5-7-15-6-3-4-10(15)11(14)20-9/h3-4,6,9,11H,5,7-8H2,1-2H3/t9-,11+/m0/s1. The van der Waals surface area contributed by atoms with E-state index < -0.39 is 23.5 Å². The highest BCUT2D eigenvalue weighted by molar-refractivity contribution is 6.01. The molecule has 3 rings (SSSR count).